The number of carboxylic acids is 2. The summed E-state index contributed by atoms with van der Waals surface area (Å²) in [6.45, 7) is 10.4. The van der Waals surface area contributed by atoms with Gasteiger partial charge in [-0.05, 0) is 137 Å². The molecule has 0 bridgehead atoms. The summed E-state index contributed by atoms with van der Waals surface area (Å²) in [5.41, 5.74) is -4.37. The molecule has 4 amide bonds. The first-order valence-corrected chi connectivity index (χ1v) is 23.0. The molecule has 372 valence electrons. The van der Waals surface area contributed by atoms with Crippen LogP contribution in [0.4, 0.5) is 21.0 Å². The first kappa shape index (κ1) is 51.2. The number of carboxylic acid groups (broad SMARTS) is 2. The Labute approximate surface area is 416 Å². The van der Waals surface area contributed by atoms with E-state index < -0.39 is 70.1 Å². The number of carbonyl (C=O) groups excluding carboxylic acids is 4. The lowest BCUT2D eigenvalue weighted by atomic mass is 9.43. The van der Waals surface area contributed by atoms with Crippen LogP contribution in [0.1, 0.15) is 96.3 Å². The van der Waals surface area contributed by atoms with Gasteiger partial charge < -0.3 is 39.8 Å². The van der Waals surface area contributed by atoms with E-state index in [1.807, 2.05) is 60.7 Å². The summed E-state index contributed by atoms with van der Waals surface area (Å²) in [4.78, 5) is 83.5. The second-order valence-electron chi connectivity index (χ2n) is 19.2. The van der Waals surface area contributed by atoms with Gasteiger partial charge >= 0.3 is 24.1 Å². The largest absolute Gasteiger partial charge is 0.489 e. The van der Waals surface area contributed by atoms with Crippen LogP contribution in [0.3, 0.4) is 0 Å². The second-order valence-corrected chi connectivity index (χ2v) is 19.2. The number of hydrogen-bond donors (Lipinski definition) is 6. The molecular formula is C56H56N4O12. The molecule has 1 aliphatic rings. The van der Waals surface area contributed by atoms with E-state index in [9.17, 15) is 39.0 Å². The highest BCUT2D eigenvalue weighted by Crippen LogP contribution is 2.63. The number of amides is 4. The van der Waals surface area contributed by atoms with Crippen LogP contribution in [0.25, 0.3) is 0 Å². The summed E-state index contributed by atoms with van der Waals surface area (Å²) in [6.07, 6.45) is -1.48. The van der Waals surface area contributed by atoms with Crippen molar-refractivity contribution in [3.63, 3.8) is 0 Å². The number of aliphatic carboxylic acids is 2. The predicted octanol–water partition coefficient (Wildman–Crippen LogP) is 9.93. The summed E-state index contributed by atoms with van der Waals surface area (Å²) >= 11 is 0. The first-order valence-electron chi connectivity index (χ1n) is 23.0. The van der Waals surface area contributed by atoms with E-state index in [1.165, 1.54) is 72.8 Å². The molecule has 0 atom stereocenters. The van der Waals surface area contributed by atoms with Crippen LogP contribution >= 0.6 is 0 Å². The van der Waals surface area contributed by atoms with E-state index in [0.717, 1.165) is 11.1 Å². The highest BCUT2D eigenvalue weighted by Gasteiger charge is 2.80. The zero-order chi connectivity index (χ0) is 51.8. The van der Waals surface area contributed by atoms with Crippen LogP contribution < -0.4 is 30.7 Å². The Bertz CT molecular complexity index is 2720. The molecule has 0 heterocycles. The third-order valence-corrected chi connectivity index (χ3v) is 11.6. The van der Waals surface area contributed by atoms with E-state index >= 15 is 0 Å². The van der Waals surface area contributed by atoms with Crippen molar-refractivity contribution in [3.8, 4) is 11.5 Å². The van der Waals surface area contributed by atoms with Crippen LogP contribution in [-0.4, -0.2) is 68.4 Å². The molecule has 0 radical (unpaired) electrons. The summed E-state index contributed by atoms with van der Waals surface area (Å²) in [6, 6.07) is 42.1. The zero-order valence-electron chi connectivity index (χ0n) is 40.6. The van der Waals surface area contributed by atoms with Gasteiger partial charge in [0.25, 0.3) is 11.8 Å². The summed E-state index contributed by atoms with van der Waals surface area (Å²) in [5.74, 6) is -8.10. The van der Waals surface area contributed by atoms with Crippen LogP contribution in [0.2, 0.25) is 0 Å². The Morgan fingerprint density at radius 3 is 1.14 bits per heavy atom. The lowest BCUT2D eigenvalue weighted by Gasteiger charge is -2.64. The Kier molecular flexibility index (Phi) is 15.0. The molecule has 72 heavy (non-hydrogen) atoms. The molecule has 7 rings (SSSR count). The molecule has 6 N–H and O–H groups in total. The number of carbonyl (C=O) groups is 6. The topological polar surface area (TPSA) is 228 Å². The second kappa shape index (κ2) is 21.1. The van der Waals surface area contributed by atoms with Crippen molar-refractivity contribution in [2.75, 3.05) is 10.6 Å². The molecule has 0 saturated heterocycles. The predicted molar refractivity (Wildman–Crippen MR) is 268 cm³/mol. The fourth-order valence-corrected chi connectivity index (χ4v) is 8.72. The average Bonchev–Trinajstić information content (AvgIpc) is 3.32. The zero-order valence-corrected chi connectivity index (χ0v) is 40.6. The Morgan fingerprint density at radius 1 is 0.472 bits per heavy atom. The minimum atomic E-state index is -2.53. The maximum absolute atomic E-state index is 14.7. The van der Waals surface area contributed by atoms with Gasteiger partial charge in [-0.2, -0.15) is 0 Å². The van der Waals surface area contributed by atoms with Crippen molar-refractivity contribution in [1.29, 1.82) is 0 Å². The van der Waals surface area contributed by atoms with Crippen LogP contribution in [0.15, 0.2) is 158 Å². The van der Waals surface area contributed by atoms with Gasteiger partial charge in [-0.15, -0.1) is 0 Å². The number of rotatable bonds is 16. The SMILES string of the molecule is CC(C)(C)OC(=O)Nc1ccc(C(=O)NC2(C(=O)O)C(c3cccc(OCc4ccccc4)c3)C(NC(=O)c3ccc(NC(=O)OC(C)(C)C)cc3)(C(=O)O)C2c2cccc(OCc3ccccc3)c2)cc1. The molecule has 0 aliphatic heterocycles. The average molecular weight is 977 g/mol. The lowest BCUT2D eigenvalue weighted by molar-refractivity contribution is -0.171. The fourth-order valence-electron chi connectivity index (χ4n) is 8.72. The minimum absolute atomic E-state index is 0.0419. The number of hydrogen-bond acceptors (Lipinski definition) is 10. The molecule has 6 aromatic carbocycles. The van der Waals surface area contributed by atoms with Crippen molar-refractivity contribution >= 4 is 47.3 Å². The van der Waals surface area contributed by atoms with Gasteiger partial charge in [-0.1, -0.05) is 84.9 Å². The molecule has 16 nitrogen and oxygen atoms in total. The fraction of sp³-hybridized carbons (Fsp3) is 0.250. The smallest absolute Gasteiger partial charge is 0.412 e. The van der Waals surface area contributed by atoms with Gasteiger partial charge in [-0.25, -0.2) is 19.2 Å². The monoisotopic (exact) mass is 976 g/mol. The van der Waals surface area contributed by atoms with E-state index in [4.69, 9.17) is 18.9 Å². The number of anilines is 2. The quantitative estimate of drug-likeness (QED) is 0.0533. The Hall–Kier alpha value is -8.66. The van der Waals surface area contributed by atoms with E-state index in [1.54, 1.807) is 65.8 Å². The van der Waals surface area contributed by atoms with Crippen molar-refractivity contribution in [1.82, 2.24) is 10.6 Å². The molecule has 1 fully saturated rings. The van der Waals surface area contributed by atoms with Gasteiger partial charge in [-0.3, -0.25) is 20.2 Å². The summed E-state index contributed by atoms with van der Waals surface area (Å²) in [7, 11) is 0. The van der Waals surface area contributed by atoms with Crippen molar-refractivity contribution in [2.24, 2.45) is 0 Å². The van der Waals surface area contributed by atoms with E-state index in [2.05, 4.69) is 21.3 Å². The number of nitrogens with one attached hydrogen (secondary N) is 4. The Morgan fingerprint density at radius 2 is 0.819 bits per heavy atom. The van der Waals surface area contributed by atoms with Crippen LogP contribution in [-0.2, 0) is 32.3 Å². The van der Waals surface area contributed by atoms with Gasteiger partial charge in [0.2, 0.25) is 0 Å². The maximum Gasteiger partial charge on any atom is 0.412 e. The van der Waals surface area contributed by atoms with Gasteiger partial charge in [0.05, 0.1) is 11.8 Å². The molecule has 0 aromatic heterocycles. The molecule has 16 heteroatoms. The molecule has 1 aliphatic carbocycles. The first-order chi connectivity index (χ1) is 34.2. The standard InChI is InChI=1S/C56H56N4O12/c1-53(2,3)71-51(67)57-41-27-23-37(24-28-41)47(61)59-55(49(63)64)45(39-19-13-21-43(31-39)69-33-35-15-9-7-10-16-35)56(50(65)66,46(55)40-20-14-22-44(32-40)70-34-36-17-11-8-12-18-36)60-48(62)38-25-29-42(30-26-38)58-52(68)72-54(4,5)6/h7-32,45-46H,33-34H2,1-6H3,(H,57,67)(H,58,68)(H,59,61)(H,60,62)(H,63,64)(H,65,66). The summed E-state index contributed by atoms with van der Waals surface area (Å²) in [5, 5.41) is 34.2. The third-order valence-electron chi connectivity index (χ3n) is 11.6. The normalized spacial score (nSPS) is 18.2. The summed E-state index contributed by atoms with van der Waals surface area (Å²) < 4.78 is 23.0. The number of ether oxygens (including phenoxy) is 4. The minimum Gasteiger partial charge on any atom is -0.489 e. The molecule has 1 saturated carbocycles. The van der Waals surface area contributed by atoms with Gasteiger partial charge in [0.1, 0.15) is 35.9 Å². The third kappa shape index (κ3) is 11.8. The highest BCUT2D eigenvalue weighted by atomic mass is 16.6. The molecule has 0 unspecified atom stereocenters. The highest BCUT2D eigenvalue weighted by molar-refractivity contribution is 6.06. The van der Waals surface area contributed by atoms with Crippen molar-refractivity contribution in [3.05, 3.63) is 191 Å². The van der Waals surface area contributed by atoms with Gasteiger partial charge in [0.15, 0.2) is 11.1 Å². The number of benzene rings is 6. The van der Waals surface area contributed by atoms with Gasteiger partial charge in [0, 0.05) is 22.5 Å². The molecule has 0 spiro atoms. The van der Waals surface area contributed by atoms with Crippen molar-refractivity contribution in [2.45, 2.75) is 88.9 Å². The molecular weight excluding hydrogens is 921 g/mol. The maximum atomic E-state index is 14.7. The lowest BCUT2D eigenvalue weighted by Crippen LogP contribution is -2.86. The van der Waals surface area contributed by atoms with Crippen LogP contribution in [0, 0.1) is 0 Å². The Balaban J connectivity index is 1.35. The van der Waals surface area contributed by atoms with Crippen molar-refractivity contribution < 1.29 is 57.9 Å². The van der Waals surface area contributed by atoms with E-state index in [0.29, 0.717) is 0 Å². The van der Waals surface area contributed by atoms with E-state index in [-0.39, 0.29) is 58.3 Å². The molecule has 6 aromatic rings. The van der Waals surface area contributed by atoms with Crippen LogP contribution in [0.5, 0.6) is 11.5 Å².